The van der Waals surface area contributed by atoms with E-state index in [9.17, 15) is 18.0 Å². The molecule has 2 aromatic rings. The second-order valence-electron chi connectivity index (χ2n) is 5.53. The van der Waals surface area contributed by atoms with Crippen molar-refractivity contribution in [1.82, 2.24) is 0 Å². The summed E-state index contributed by atoms with van der Waals surface area (Å²) in [6.45, 7) is 3.33. The molecule has 0 spiro atoms. The Morgan fingerprint density at radius 1 is 1.09 bits per heavy atom. The van der Waals surface area contributed by atoms with E-state index in [0.717, 1.165) is 41.8 Å². The van der Waals surface area contributed by atoms with E-state index in [1.807, 2.05) is 12.6 Å². The van der Waals surface area contributed by atoms with E-state index in [1.165, 1.54) is 13.0 Å². The normalized spacial score (nSPS) is 14.5. The first-order chi connectivity index (χ1) is 10.9. The summed E-state index contributed by atoms with van der Waals surface area (Å²) in [5.41, 5.74) is 2.36. The van der Waals surface area contributed by atoms with Crippen LogP contribution >= 0.6 is 0 Å². The smallest absolute Gasteiger partial charge is 0.307 e. The monoisotopic (exact) mass is 318 g/mol. The van der Waals surface area contributed by atoms with Gasteiger partial charge in [0.25, 0.3) is 0 Å². The summed E-state index contributed by atoms with van der Waals surface area (Å²) in [7, 11) is 0. The first kappa shape index (κ1) is 15.6. The maximum Gasteiger partial charge on any atom is 0.416 e. The molecule has 0 saturated heterocycles. The largest absolute Gasteiger partial charge is 0.416 e. The van der Waals surface area contributed by atoms with Crippen LogP contribution in [0, 0.1) is 6.54 Å². The molecule has 0 bridgehead atoms. The molecule has 1 heterocycles. The summed E-state index contributed by atoms with van der Waals surface area (Å²) < 4.78 is 38.5. The Morgan fingerprint density at radius 2 is 1.83 bits per heavy atom. The van der Waals surface area contributed by atoms with Gasteiger partial charge in [-0.2, -0.15) is 13.2 Å². The summed E-state index contributed by atoms with van der Waals surface area (Å²) in [5, 5.41) is 0. The average molecular weight is 318 g/mol. The molecule has 0 N–H and O–H groups in total. The molecular weight excluding hydrogens is 303 g/mol. The van der Waals surface area contributed by atoms with Gasteiger partial charge in [-0.25, -0.2) is 0 Å². The molecule has 0 fully saturated rings. The molecule has 0 atom stereocenters. The van der Waals surface area contributed by atoms with Crippen LogP contribution in [0.4, 0.5) is 18.9 Å². The van der Waals surface area contributed by atoms with Crippen LogP contribution < -0.4 is 4.90 Å². The molecule has 0 aliphatic carbocycles. The van der Waals surface area contributed by atoms with Crippen LogP contribution in [0.3, 0.4) is 0 Å². The molecule has 5 heteroatoms. The van der Waals surface area contributed by atoms with Gasteiger partial charge in [0.15, 0.2) is 0 Å². The van der Waals surface area contributed by atoms with E-state index in [0.29, 0.717) is 5.56 Å². The molecule has 119 valence electrons. The Bertz CT molecular complexity index is 752. The van der Waals surface area contributed by atoms with Crippen LogP contribution in [0.15, 0.2) is 42.5 Å². The topological polar surface area (TPSA) is 20.3 Å². The number of rotatable bonds is 1. The molecule has 3 rings (SSSR count). The van der Waals surface area contributed by atoms with E-state index in [1.54, 1.807) is 23.1 Å². The SMILES string of the molecule is CC(=O)N1[CH]CCc2cc(-c3cccc(C(F)(F)F)c3)ccc21. The molecule has 1 radical (unpaired) electrons. The van der Waals surface area contributed by atoms with Crippen LogP contribution in [-0.4, -0.2) is 5.91 Å². The van der Waals surface area contributed by atoms with Crippen molar-refractivity contribution in [1.29, 1.82) is 0 Å². The van der Waals surface area contributed by atoms with E-state index < -0.39 is 11.7 Å². The lowest BCUT2D eigenvalue weighted by atomic mass is 9.95. The van der Waals surface area contributed by atoms with Crippen molar-refractivity contribution < 1.29 is 18.0 Å². The third-order valence-electron chi connectivity index (χ3n) is 3.93. The van der Waals surface area contributed by atoms with Crippen molar-refractivity contribution in [2.75, 3.05) is 4.90 Å². The number of hydrogen-bond acceptors (Lipinski definition) is 1. The fourth-order valence-corrected chi connectivity index (χ4v) is 2.82. The van der Waals surface area contributed by atoms with Crippen molar-refractivity contribution in [3.8, 4) is 11.1 Å². The number of hydrogen-bond donors (Lipinski definition) is 0. The maximum atomic E-state index is 12.8. The van der Waals surface area contributed by atoms with Crippen LogP contribution in [0.2, 0.25) is 0 Å². The summed E-state index contributed by atoms with van der Waals surface area (Å²) in [6, 6.07) is 10.7. The maximum absolute atomic E-state index is 12.8. The fourth-order valence-electron chi connectivity index (χ4n) is 2.82. The highest BCUT2D eigenvalue weighted by atomic mass is 19.4. The Balaban J connectivity index is 2.01. The number of carbonyl (C=O) groups is 1. The Morgan fingerprint density at radius 3 is 2.52 bits per heavy atom. The van der Waals surface area contributed by atoms with Gasteiger partial charge in [0, 0.05) is 12.6 Å². The van der Waals surface area contributed by atoms with E-state index >= 15 is 0 Å². The minimum Gasteiger partial charge on any atom is -0.307 e. The number of benzene rings is 2. The third kappa shape index (κ3) is 3.09. The number of amides is 1. The summed E-state index contributed by atoms with van der Waals surface area (Å²) >= 11 is 0. The molecule has 0 saturated carbocycles. The third-order valence-corrected chi connectivity index (χ3v) is 3.93. The van der Waals surface area contributed by atoms with Crippen LogP contribution in [0.1, 0.15) is 24.5 Å². The van der Waals surface area contributed by atoms with Crippen molar-refractivity contribution in [3.63, 3.8) is 0 Å². The lowest BCUT2D eigenvalue weighted by Crippen LogP contribution is -2.29. The molecule has 1 aliphatic heterocycles. The van der Waals surface area contributed by atoms with E-state index in [4.69, 9.17) is 0 Å². The van der Waals surface area contributed by atoms with Gasteiger partial charge in [-0.1, -0.05) is 18.2 Å². The number of aryl methyl sites for hydroxylation is 1. The highest BCUT2D eigenvalue weighted by Gasteiger charge is 2.30. The van der Waals surface area contributed by atoms with Crippen molar-refractivity contribution in [3.05, 3.63) is 60.1 Å². The van der Waals surface area contributed by atoms with Crippen molar-refractivity contribution in [2.45, 2.75) is 25.9 Å². The number of halogens is 3. The molecule has 1 aliphatic rings. The quantitative estimate of drug-likeness (QED) is 0.737. The van der Waals surface area contributed by atoms with Gasteiger partial charge in [-0.3, -0.25) is 4.79 Å². The lowest BCUT2D eigenvalue weighted by molar-refractivity contribution is -0.137. The number of fused-ring (bicyclic) bond motifs is 1. The number of alkyl halides is 3. The highest BCUT2D eigenvalue weighted by molar-refractivity contribution is 5.94. The number of nitrogens with zero attached hydrogens (tertiary/aromatic N) is 1. The lowest BCUT2D eigenvalue weighted by Gasteiger charge is -2.28. The zero-order valence-corrected chi connectivity index (χ0v) is 12.5. The second-order valence-corrected chi connectivity index (χ2v) is 5.53. The standard InChI is InChI=1S/C18H15F3NO/c1-12(23)22-9-3-5-15-10-14(7-8-17(15)22)13-4-2-6-16(11-13)18(19,20)21/h2,4,6-11H,3,5H2,1H3. The predicted octanol–water partition coefficient (Wildman–Crippen LogP) is 4.83. The van der Waals surface area contributed by atoms with Gasteiger partial charge in [0.2, 0.25) is 5.91 Å². The van der Waals surface area contributed by atoms with Crippen molar-refractivity contribution in [2.24, 2.45) is 0 Å². The summed E-state index contributed by atoms with van der Waals surface area (Å²) in [4.78, 5) is 13.2. The van der Waals surface area contributed by atoms with Gasteiger partial charge in [-0.15, -0.1) is 0 Å². The van der Waals surface area contributed by atoms with E-state index in [-0.39, 0.29) is 5.91 Å². The molecule has 23 heavy (non-hydrogen) atoms. The molecule has 2 aromatic carbocycles. The Kier molecular flexibility index (Phi) is 3.88. The molecular formula is C18H15F3NO. The first-order valence-corrected chi connectivity index (χ1v) is 7.30. The fraction of sp³-hybridized carbons (Fsp3) is 0.222. The number of carbonyl (C=O) groups excluding carboxylic acids is 1. The Labute approximate surface area is 132 Å². The predicted molar refractivity (Wildman–Crippen MR) is 82.7 cm³/mol. The van der Waals surface area contributed by atoms with Crippen LogP contribution in [0.25, 0.3) is 11.1 Å². The van der Waals surface area contributed by atoms with Crippen LogP contribution in [0.5, 0.6) is 0 Å². The zero-order valence-electron chi connectivity index (χ0n) is 12.5. The van der Waals surface area contributed by atoms with Gasteiger partial charge < -0.3 is 4.90 Å². The van der Waals surface area contributed by atoms with Crippen molar-refractivity contribution >= 4 is 11.6 Å². The summed E-state index contributed by atoms with van der Waals surface area (Å²) in [5.74, 6) is -0.0715. The van der Waals surface area contributed by atoms with Gasteiger partial charge in [0.1, 0.15) is 0 Å². The minimum absolute atomic E-state index is 0.0715. The summed E-state index contributed by atoms with van der Waals surface area (Å²) in [6.07, 6.45) is -2.85. The Hall–Kier alpha value is -2.30. The zero-order chi connectivity index (χ0) is 16.6. The van der Waals surface area contributed by atoms with Gasteiger partial charge in [-0.05, 0) is 53.8 Å². The molecule has 1 amide bonds. The molecule has 0 aromatic heterocycles. The highest BCUT2D eigenvalue weighted by Crippen LogP contribution is 2.35. The number of anilines is 1. The average Bonchev–Trinajstić information content (AvgIpc) is 2.53. The molecule has 0 unspecified atom stereocenters. The van der Waals surface area contributed by atoms with Gasteiger partial charge in [0.05, 0.1) is 12.1 Å². The second kappa shape index (κ2) is 5.72. The van der Waals surface area contributed by atoms with E-state index in [2.05, 4.69) is 0 Å². The minimum atomic E-state index is -4.36. The van der Waals surface area contributed by atoms with Crippen LogP contribution in [-0.2, 0) is 17.4 Å². The first-order valence-electron chi connectivity index (χ1n) is 7.30. The molecule has 2 nitrogen and oxygen atoms in total. The van der Waals surface area contributed by atoms with Gasteiger partial charge >= 0.3 is 6.18 Å².